The van der Waals surface area contributed by atoms with Gasteiger partial charge in [-0.3, -0.25) is 4.72 Å². The monoisotopic (exact) mass is 275 g/mol. The van der Waals surface area contributed by atoms with Gasteiger partial charge in [-0.2, -0.15) is 5.26 Å². The topological polar surface area (TPSA) is 57.9 Å². The maximum absolute atomic E-state index is 8.60. The van der Waals surface area contributed by atoms with E-state index in [9.17, 15) is 0 Å². The second-order valence-corrected chi connectivity index (χ2v) is 6.24. The van der Waals surface area contributed by atoms with E-state index in [1.165, 1.54) is 0 Å². The molecule has 4 nitrogen and oxygen atoms in total. The first-order valence-corrected chi connectivity index (χ1v) is 7.69. The highest BCUT2D eigenvalue weighted by molar-refractivity contribution is 8.27. The van der Waals surface area contributed by atoms with Crippen molar-refractivity contribution in [3.05, 3.63) is 29.0 Å². The van der Waals surface area contributed by atoms with Crippen molar-refractivity contribution < 1.29 is 4.18 Å². The van der Waals surface area contributed by atoms with Crippen molar-refractivity contribution in [3.63, 3.8) is 0 Å². The molecule has 1 atom stereocenters. The summed E-state index contributed by atoms with van der Waals surface area (Å²) in [7, 11) is -0.000784. The zero-order valence-corrected chi connectivity index (χ0v) is 12.1. The molecule has 1 rings (SSSR count). The van der Waals surface area contributed by atoms with Gasteiger partial charge in [0.1, 0.15) is 5.15 Å². The summed E-state index contributed by atoms with van der Waals surface area (Å²) in [6, 6.07) is 3.59. The van der Waals surface area contributed by atoms with Crippen LogP contribution in [0.1, 0.15) is 19.4 Å². The molecule has 6 heteroatoms. The summed E-state index contributed by atoms with van der Waals surface area (Å²) in [5.41, 5.74) is 0.988. The SMILES string of the molecule is CC.COS(C)(Cc1ccc(Cl)nc1)NC#N. The first-order chi connectivity index (χ1) is 8.09. The second-order valence-electron chi connectivity index (χ2n) is 3.02. The number of hydrogen-bond acceptors (Lipinski definition) is 4. The zero-order valence-electron chi connectivity index (χ0n) is 10.5. The fraction of sp³-hybridized carbons (Fsp3) is 0.455. The summed E-state index contributed by atoms with van der Waals surface area (Å²) >= 11 is 5.67. The lowest BCUT2D eigenvalue weighted by molar-refractivity contribution is 0.462. The Morgan fingerprint density at radius 3 is 2.59 bits per heavy atom. The molecule has 96 valence electrons. The van der Waals surface area contributed by atoms with Crippen molar-refractivity contribution in [2.45, 2.75) is 19.6 Å². The third-order valence-electron chi connectivity index (χ3n) is 1.86. The normalized spacial score (nSPS) is 14.6. The molecular formula is C11H18ClN3OS. The first kappa shape index (κ1) is 16.0. The number of halogens is 1. The van der Waals surface area contributed by atoms with Gasteiger partial charge in [-0.05, 0) is 11.6 Å². The maximum atomic E-state index is 8.60. The Morgan fingerprint density at radius 1 is 1.53 bits per heavy atom. The van der Waals surface area contributed by atoms with Gasteiger partial charge in [0, 0.05) is 18.2 Å². The predicted octanol–water partition coefficient (Wildman–Crippen LogP) is 3.24. The molecule has 1 N–H and O–H groups in total. The minimum absolute atomic E-state index is 0.459. The van der Waals surface area contributed by atoms with Gasteiger partial charge in [0.2, 0.25) is 0 Å². The summed E-state index contributed by atoms with van der Waals surface area (Å²) < 4.78 is 7.98. The van der Waals surface area contributed by atoms with Gasteiger partial charge in [-0.15, -0.1) is 0 Å². The smallest absolute Gasteiger partial charge is 0.187 e. The van der Waals surface area contributed by atoms with Crippen LogP contribution in [0, 0.1) is 11.5 Å². The Labute approximate surface area is 110 Å². The Kier molecular flexibility index (Phi) is 7.72. The zero-order chi connectivity index (χ0) is 13.3. The van der Waals surface area contributed by atoms with Crippen molar-refractivity contribution >= 4 is 22.1 Å². The van der Waals surface area contributed by atoms with E-state index in [-0.39, 0.29) is 0 Å². The summed E-state index contributed by atoms with van der Waals surface area (Å²) in [4.78, 5) is 3.97. The van der Waals surface area contributed by atoms with Gasteiger partial charge in [-0.25, -0.2) is 4.98 Å². The molecule has 0 bridgehead atoms. The van der Waals surface area contributed by atoms with E-state index >= 15 is 0 Å². The summed E-state index contributed by atoms with van der Waals surface area (Å²) in [6.07, 6.45) is 5.47. The van der Waals surface area contributed by atoms with E-state index in [2.05, 4.69) is 9.71 Å². The lowest BCUT2D eigenvalue weighted by atomic mass is 10.3. The Bertz CT molecular complexity index is 366. The van der Waals surface area contributed by atoms with Gasteiger partial charge in [-0.1, -0.05) is 42.0 Å². The van der Waals surface area contributed by atoms with Crippen LogP contribution in [0.5, 0.6) is 0 Å². The van der Waals surface area contributed by atoms with Crippen LogP contribution in [-0.4, -0.2) is 18.3 Å². The van der Waals surface area contributed by atoms with Crippen LogP contribution < -0.4 is 4.72 Å². The molecule has 17 heavy (non-hydrogen) atoms. The van der Waals surface area contributed by atoms with Crippen LogP contribution in [0.15, 0.2) is 18.3 Å². The minimum Gasteiger partial charge on any atom is -0.321 e. The maximum Gasteiger partial charge on any atom is 0.187 e. The van der Waals surface area contributed by atoms with Crippen molar-refractivity contribution in [2.75, 3.05) is 13.4 Å². The molecule has 0 aliphatic carbocycles. The standard InChI is InChI=1S/C9H12ClN3OS.C2H6/c1-14-15(2,13-7-11)6-8-3-4-9(10)12-5-8;1-2/h3-5,13H,6H2,1-2H3;1-2H3. The van der Waals surface area contributed by atoms with Crippen LogP contribution in [0.4, 0.5) is 0 Å². The molecule has 1 aromatic heterocycles. The van der Waals surface area contributed by atoms with Crippen molar-refractivity contribution in [2.24, 2.45) is 0 Å². The Hall–Kier alpha value is -0.960. The molecule has 1 unspecified atom stereocenters. The Balaban J connectivity index is 0.00000121. The molecule has 0 spiro atoms. The molecule has 0 aliphatic rings. The average Bonchev–Trinajstić information content (AvgIpc) is 2.35. The van der Waals surface area contributed by atoms with Crippen LogP contribution in [0.2, 0.25) is 5.15 Å². The summed E-state index contributed by atoms with van der Waals surface area (Å²) in [5.74, 6) is 0.626. The quantitative estimate of drug-likeness (QED) is 0.521. The van der Waals surface area contributed by atoms with E-state index in [4.69, 9.17) is 21.0 Å². The van der Waals surface area contributed by atoms with Gasteiger partial charge >= 0.3 is 0 Å². The van der Waals surface area contributed by atoms with E-state index in [1.807, 2.05) is 32.4 Å². The second kappa shape index (κ2) is 8.18. The summed E-state index contributed by atoms with van der Waals surface area (Å²) in [6.45, 7) is 4.00. The van der Waals surface area contributed by atoms with Crippen LogP contribution in [0.25, 0.3) is 0 Å². The third kappa shape index (κ3) is 5.78. The number of hydrogen-bond donors (Lipinski definition) is 1. The van der Waals surface area contributed by atoms with E-state index in [1.54, 1.807) is 19.4 Å². The number of rotatable bonds is 4. The highest BCUT2D eigenvalue weighted by Gasteiger charge is 2.17. The molecule has 0 radical (unpaired) electrons. The van der Waals surface area contributed by atoms with Gasteiger partial charge in [0.15, 0.2) is 6.19 Å². The molecular weight excluding hydrogens is 258 g/mol. The Morgan fingerprint density at radius 2 is 2.18 bits per heavy atom. The fourth-order valence-electron chi connectivity index (χ4n) is 1.04. The van der Waals surface area contributed by atoms with E-state index < -0.39 is 10.5 Å². The minimum atomic E-state index is -1.59. The largest absolute Gasteiger partial charge is 0.321 e. The van der Waals surface area contributed by atoms with Crippen molar-refractivity contribution in [3.8, 4) is 6.19 Å². The van der Waals surface area contributed by atoms with Crippen LogP contribution in [0.3, 0.4) is 0 Å². The van der Waals surface area contributed by atoms with Crippen LogP contribution >= 0.6 is 22.1 Å². The molecule has 0 saturated carbocycles. The number of aromatic nitrogens is 1. The lowest BCUT2D eigenvalue weighted by Crippen LogP contribution is -2.18. The van der Waals surface area contributed by atoms with E-state index in [0.29, 0.717) is 10.9 Å². The fourth-order valence-corrected chi connectivity index (χ4v) is 2.43. The van der Waals surface area contributed by atoms with Gasteiger partial charge in [0.25, 0.3) is 0 Å². The third-order valence-corrected chi connectivity index (χ3v) is 4.23. The number of nitriles is 1. The van der Waals surface area contributed by atoms with Crippen molar-refractivity contribution in [1.29, 1.82) is 5.26 Å². The predicted molar refractivity (Wildman–Crippen MR) is 73.6 cm³/mol. The number of nitrogens with zero attached hydrogens (tertiary/aromatic N) is 2. The number of pyridine rings is 1. The molecule has 0 saturated heterocycles. The lowest BCUT2D eigenvalue weighted by Gasteiger charge is -2.31. The molecule has 0 fully saturated rings. The molecule has 0 amide bonds. The van der Waals surface area contributed by atoms with Crippen molar-refractivity contribution in [1.82, 2.24) is 9.71 Å². The average molecular weight is 276 g/mol. The van der Waals surface area contributed by atoms with Gasteiger partial charge in [0.05, 0.1) is 7.11 Å². The number of nitrogens with one attached hydrogen (secondary N) is 1. The molecule has 1 heterocycles. The van der Waals surface area contributed by atoms with Crippen LogP contribution in [-0.2, 0) is 9.94 Å². The molecule has 0 aliphatic heterocycles. The molecule has 0 aromatic carbocycles. The van der Waals surface area contributed by atoms with Gasteiger partial charge < -0.3 is 4.18 Å². The van der Waals surface area contributed by atoms with E-state index in [0.717, 1.165) is 5.56 Å². The summed E-state index contributed by atoms with van der Waals surface area (Å²) in [5, 5.41) is 9.06. The molecule has 1 aromatic rings. The first-order valence-electron chi connectivity index (χ1n) is 5.17. The highest BCUT2D eigenvalue weighted by Crippen LogP contribution is 2.43. The highest BCUT2D eigenvalue weighted by atomic mass is 35.5.